The lowest BCUT2D eigenvalue weighted by molar-refractivity contribution is -0.117. The number of hydrogen-bond donors (Lipinski definition) is 1. The molecule has 0 saturated carbocycles. The molecule has 0 bridgehead atoms. The van der Waals surface area contributed by atoms with E-state index in [9.17, 15) is 4.79 Å². The van der Waals surface area contributed by atoms with Gasteiger partial charge in [0.1, 0.15) is 0 Å². The van der Waals surface area contributed by atoms with E-state index in [0.717, 1.165) is 21.6 Å². The van der Waals surface area contributed by atoms with Crippen molar-refractivity contribution in [3.05, 3.63) is 62.8 Å². The third-order valence-corrected chi connectivity index (χ3v) is 5.56. The second kappa shape index (κ2) is 9.32. The molecule has 25 heavy (non-hydrogen) atoms. The van der Waals surface area contributed by atoms with Crippen molar-refractivity contribution in [2.24, 2.45) is 0 Å². The van der Waals surface area contributed by atoms with Gasteiger partial charge in [-0.05, 0) is 52.0 Å². The predicted octanol–water partition coefficient (Wildman–Crippen LogP) is 5.57. The monoisotopic (exact) mass is 420 g/mol. The van der Waals surface area contributed by atoms with Gasteiger partial charge in [0.2, 0.25) is 5.91 Å². The van der Waals surface area contributed by atoms with Crippen LogP contribution in [0, 0.1) is 6.92 Å². The SMILES string of the molecule is C=CCN(CC(=O)Nc1c(C)cccc1C(C)C)Cc1ccc(Br)s1. The van der Waals surface area contributed by atoms with Crippen LogP contribution < -0.4 is 5.32 Å². The number of carbonyl (C=O) groups excluding carboxylic acids is 1. The summed E-state index contributed by atoms with van der Waals surface area (Å²) < 4.78 is 1.10. The Morgan fingerprint density at radius 1 is 1.36 bits per heavy atom. The molecule has 0 aliphatic heterocycles. The topological polar surface area (TPSA) is 32.3 Å². The molecule has 5 heteroatoms. The van der Waals surface area contributed by atoms with E-state index in [4.69, 9.17) is 0 Å². The molecule has 0 saturated heterocycles. The van der Waals surface area contributed by atoms with Crippen LogP contribution in [0.1, 0.15) is 35.8 Å². The fourth-order valence-electron chi connectivity index (χ4n) is 2.75. The number of nitrogens with one attached hydrogen (secondary N) is 1. The molecule has 0 unspecified atom stereocenters. The fourth-order valence-corrected chi connectivity index (χ4v) is 4.27. The van der Waals surface area contributed by atoms with Crippen LogP contribution in [0.3, 0.4) is 0 Å². The van der Waals surface area contributed by atoms with Gasteiger partial charge in [-0.1, -0.05) is 38.1 Å². The summed E-state index contributed by atoms with van der Waals surface area (Å²) in [6.45, 7) is 11.9. The molecule has 0 atom stereocenters. The van der Waals surface area contributed by atoms with Crippen molar-refractivity contribution < 1.29 is 4.79 Å². The smallest absolute Gasteiger partial charge is 0.238 e. The minimum Gasteiger partial charge on any atom is -0.324 e. The van der Waals surface area contributed by atoms with Crippen molar-refractivity contribution in [1.82, 2.24) is 4.90 Å². The Labute approximate surface area is 162 Å². The number of carbonyl (C=O) groups is 1. The molecule has 2 rings (SSSR count). The summed E-state index contributed by atoms with van der Waals surface area (Å²) in [5.74, 6) is 0.372. The Morgan fingerprint density at radius 3 is 2.72 bits per heavy atom. The average molecular weight is 421 g/mol. The van der Waals surface area contributed by atoms with Gasteiger partial charge in [-0.25, -0.2) is 0 Å². The molecule has 1 aromatic heterocycles. The van der Waals surface area contributed by atoms with Gasteiger partial charge in [0, 0.05) is 23.7 Å². The Balaban J connectivity index is 2.08. The zero-order valence-corrected chi connectivity index (χ0v) is 17.4. The molecule has 0 aliphatic carbocycles. The Morgan fingerprint density at radius 2 is 2.12 bits per heavy atom. The fraction of sp³-hybridized carbons (Fsp3) is 0.350. The van der Waals surface area contributed by atoms with E-state index >= 15 is 0 Å². The Hall–Kier alpha value is -1.43. The first-order chi connectivity index (χ1) is 11.9. The maximum atomic E-state index is 12.6. The highest BCUT2D eigenvalue weighted by Crippen LogP contribution is 2.27. The summed E-state index contributed by atoms with van der Waals surface area (Å²) in [7, 11) is 0. The molecule has 0 aliphatic rings. The first-order valence-electron chi connectivity index (χ1n) is 8.37. The molecular weight excluding hydrogens is 396 g/mol. The van der Waals surface area contributed by atoms with Crippen molar-refractivity contribution in [3.63, 3.8) is 0 Å². The molecule has 3 nitrogen and oxygen atoms in total. The van der Waals surface area contributed by atoms with E-state index in [-0.39, 0.29) is 5.91 Å². The van der Waals surface area contributed by atoms with Gasteiger partial charge in [0.15, 0.2) is 0 Å². The summed E-state index contributed by atoms with van der Waals surface area (Å²) in [5, 5.41) is 3.12. The molecule has 1 N–H and O–H groups in total. The summed E-state index contributed by atoms with van der Waals surface area (Å²) in [5.41, 5.74) is 3.21. The summed E-state index contributed by atoms with van der Waals surface area (Å²) in [6.07, 6.45) is 1.84. The molecular formula is C20H25BrN2OS. The minimum absolute atomic E-state index is 0.00803. The Kier molecular flexibility index (Phi) is 7.41. The van der Waals surface area contributed by atoms with Gasteiger partial charge < -0.3 is 5.32 Å². The van der Waals surface area contributed by atoms with E-state index in [1.54, 1.807) is 11.3 Å². The largest absolute Gasteiger partial charge is 0.324 e. The third-order valence-electron chi connectivity index (χ3n) is 3.95. The summed E-state index contributed by atoms with van der Waals surface area (Å²) >= 11 is 5.18. The molecule has 1 amide bonds. The van der Waals surface area contributed by atoms with Gasteiger partial charge >= 0.3 is 0 Å². The number of benzene rings is 1. The number of amides is 1. The second-order valence-corrected chi connectivity index (χ2v) is 8.95. The van der Waals surface area contributed by atoms with E-state index in [1.165, 1.54) is 10.4 Å². The highest BCUT2D eigenvalue weighted by molar-refractivity contribution is 9.11. The van der Waals surface area contributed by atoms with Crippen LogP contribution >= 0.6 is 27.3 Å². The van der Waals surface area contributed by atoms with Crippen molar-refractivity contribution in [1.29, 1.82) is 0 Å². The quantitative estimate of drug-likeness (QED) is 0.566. The number of hydrogen-bond acceptors (Lipinski definition) is 3. The second-order valence-electron chi connectivity index (χ2n) is 6.41. The van der Waals surface area contributed by atoms with Crippen LogP contribution in [0.4, 0.5) is 5.69 Å². The van der Waals surface area contributed by atoms with Gasteiger partial charge in [-0.2, -0.15) is 0 Å². The van der Waals surface area contributed by atoms with Crippen LogP contribution in [-0.2, 0) is 11.3 Å². The first kappa shape index (κ1) is 19.9. The molecule has 0 radical (unpaired) electrons. The number of aryl methyl sites for hydroxylation is 1. The average Bonchev–Trinajstić information content (AvgIpc) is 2.94. The van der Waals surface area contributed by atoms with Crippen molar-refractivity contribution in [2.75, 3.05) is 18.4 Å². The van der Waals surface area contributed by atoms with Gasteiger partial charge in [-0.15, -0.1) is 17.9 Å². The highest BCUT2D eigenvalue weighted by Gasteiger charge is 2.15. The van der Waals surface area contributed by atoms with Crippen LogP contribution in [0.25, 0.3) is 0 Å². The van der Waals surface area contributed by atoms with Crippen molar-refractivity contribution >= 4 is 38.9 Å². The third kappa shape index (κ3) is 5.80. The molecule has 134 valence electrons. The molecule has 1 heterocycles. The zero-order valence-electron chi connectivity index (χ0n) is 15.0. The number of nitrogens with zero attached hydrogens (tertiary/aromatic N) is 1. The number of rotatable bonds is 8. The van der Waals surface area contributed by atoms with Crippen molar-refractivity contribution in [2.45, 2.75) is 33.2 Å². The van der Waals surface area contributed by atoms with Crippen LogP contribution in [-0.4, -0.2) is 23.9 Å². The number of anilines is 1. The maximum Gasteiger partial charge on any atom is 0.238 e. The van der Waals surface area contributed by atoms with E-state index < -0.39 is 0 Å². The standard InChI is InChI=1S/C20H25BrN2OS/c1-5-11-23(12-16-9-10-18(21)25-16)13-19(24)22-20-15(4)7-6-8-17(20)14(2)3/h5-10,14H,1,11-13H2,2-4H3,(H,22,24). The van der Waals surface area contributed by atoms with E-state index in [0.29, 0.717) is 19.0 Å². The van der Waals surface area contributed by atoms with Crippen LogP contribution in [0.2, 0.25) is 0 Å². The van der Waals surface area contributed by atoms with Gasteiger partial charge in [0.25, 0.3) is 0 Å². The van der Waals surface area contributed by atoms with Crippen molar-refractivity contribution in [3.8, 4) is 0 Å². The molecule has 0 fully saturated rings. The summed E-state index contributed by atoms with van der Waals surface area (Å²) in [4.78, 5) is 15.9. The van der Waals surface area contributed by atoms with Crippen LogP contribution in [0.5, 0.6) is 0 Å². The zero-order chi connectivity index (χ0) is 18.4. The normalized spacial score (nSPS) is 11.1. The van der Waals surface area contributed by atoms with Gasteiger partial charge in [0.05, 0.1) is 10.3 Å². The molecule has 0 spiro atoms. The first-order valence-corrected chi connectivity index (χ1v) is 9.98. The van der Waals surface area contributed by atoms with E-state index in [1.807, 2.05) is 31.2 Å². The minimum atomic E-state index is 0.00803. The lowest BCUT2D eigenvalue weighted by Crippen LogP contribution is -2.33. The summed E-state index contributed by atoms with van der Waals surface area (Å²) in [6, 6.07) is 10.3. The van der Waals surface area contributed by atoms with Crippen LogP contribution in [0.15, 0.2) is 46.8 Å². The Bertz CT molecular complexity index is 739. The maximum absolute atomic E-state index is 12.6. The number of para-hydroxylation sites is 1. The van der Waals surface area contributed by atoms with E-state index in [2.05, 4.69) is 58.7 Å². The lowest BCUT2D eigenvalue weighted by atomic mass is 9.98. The van der Waals surface area contributed by atoms with Gasteiger partial charge in [-0.3, -0.25) is 9.69 Å². The lowest BCUT2D eigenvalue weighted by Gasteiger charge is -2.21. The molecule has 1 aromatic carbocycles. The highest BCUT2D eigenvalue weighted by atomic mass is 79.9. The number of thiophene rings is 1. The number of halogens is 1. The predicted molar refractivity (Wildman–Crippen MR) is 111 cm³/mol. The molecule has 2 aromatic rings.